The van der Waals surface area contributed by atoms with Gasteiger partial charge in [0.05, 0.1) is 16.7 Å². The molecular weight excluding hydrogens is 305 g/mol. The van der Waals surface area contributed by atoms with Gasteiger partial charge < -0.3 is 15.3 Å². The molecule has 2 atom stereocenters. The van der Waals surface area contributed by atoms with Gasteiger partial charge >= 0.3 is 0 Å². The average Bonchev–Trinajstić information content (AvgIpc) is 2.50. The fourth-order valence-electron chi connectivity index (χ4n) is 2.62. The molecule has 1 amide bonds. The second kappa shape index (κ2) is 7.47. The highest BCUT2D eigenvalue weighted by Crippen LogP contribution is 2.21. The summed E-state index contributed by atoms with van der Waals surface area (Å²) in [6.45, 7) is 3.87. The van der Waals surface area contributed by atoms with Crippen LogP contribution in [0.15, 0.2) is 18.2 Å². The molecular formula is C15H20FN3O4. The molecule has 0 bridgehead atoms. The zero-order chi connectivity index (χ0) is 17.0. The van der Waals surface area contributed by atoms with E-state index >= 15 is 0 Å². The Hall–Kier alpha value is -2.06. The van der Waals surface area contributed by atoms with Gasteiger partial charge in [0.2, 0.25) is 5.91 Å². The van der Waals surface area contributed by atoms with E-state index in [1.807, 2.05) is 6.92 Å². The fourth-order valence-corrected chi connectivity index (χ4v) is 2.62. The molecule has 1 aromatic rings. The van der Waals surface area contributed by atoms with Crippen molar-refractivity contribution in [1.82, 2.24) is 4.90 Å². The highest BCUT2D eigenvalue weighted by Gasteiger charge is 2.24. The lowest BCUT2D eigenvalue weighted by Crippen LogP contribution is -2.42. The van der Waals surface area contributed by atoms with E-state index in [-0.39, 0.29) is 29.8 Å². The molecule has 2 N–H and O–H groups in total. The molecule has 23 heavy (non-hydrogen) atoms. The van der Waals surface area contributed by atoms with Gasteiger partial charge in [-0.15, -0.1) is 0 Å². The zero-order valence-corrected chi connectivity index (χ0v) is 12.9. The smallest absolute Gasteiger partial charge is 0.271 e. The summed E-state index contributed by atoms with van der Waals surface area (Å²) in [6, 6.07) is 3.01. The molecule has 1 heterocycles. The summed E-state index contributed by atoms with van der Waals surface area (Å²) in [5.74, 6) is -0.956. The molecule has 1 saturated heterocycles. The number of carbonyl (C=O) groups is 1. The first-order valence-corrected chi connectivity index (χ1v) is 7.51. The maximum absolute atomic E-state index is 13.6. The zero-order valence-electron chi connectivity index (χ0n) is 12.9. The van der Waals surface area contributed by atoms with Crippen LogP contribution in [0.3, 0.4) is 0 Å². The lowest BCUT2D eigenvalue weighted by atomic mass is 9.97. The Morgan fingerprint density at radius 1 is 1.57 bits per heavy atom. The monoisotopic (exact) mass is 325 g/mol. The van der Waals surface area contributed by atoms with E-state index in [1.54, 1.807) is 0 Å². The number of aliphatic hydroxyl groups is 1. The van der Waals surface area contributed by atoms with Crippen LogP contribution in [-0.4, -0.2) is 46.6 Å². The number of hydrogen-bond acceptors (Lipinski definition) is 5. The van der Waals surface area contributed by atoms with E-state index in [2.05, 4.69) is 10.2 Å². The third kappa shape index (κ3) is 4.70. The number of anilines is 1. The number of non-ortho nitro benzene ring substituents is 1. The number of amides is 1. The van der Waals surface area contributed by atoms with Crippen LogP contribution in [0.1, 0.15) is 19.8 Å². The molecule has 1 aliphatic heterocycles. The minimum absolute atomic E-state index is 0.154. The van der Waals surface area contributed by atoms with Crippen LogP contribution >= 0.6 is 0 Å². The quantitative estimate of drug-likeness (QED) is 0.635. The van der Waals surface area contributed by atoms with Crippen molar-refractivity contribution in [2.24, 2.45) is 5.92 Å². The van der Waals surface area contributed by atoms with Crippen molar-refractivity contribution in [1.29, 1.82) is 0 Å². The first kappa shape index (κ1) is 17.3. The second-order valence-electron chi connectivity index (χ2n) is 5.85. The number of benzene rings is 1. The van der Waals surface area contributed by atoms with E-state index in [0.717, 1.165) is 18.2 Å². The van der Waals surface area contributed by atoms with Gasteiger partial charge in [0, 0.05) is 38.2 Å². The van der Waals surface area contributed by atoms with Crippen molar-refractivity contribution < 1.29 is 19.2 Å². The number of nitrogens with one attached hydrogen (secondary N) is 1. The summed E-state index contributed by atoms with van der Waals surface area (Å²) >= 11 is 0. The van der Waals surface area contributed by atoms with Gasteiger partial charge in [0.15, 0.2) is 0 Å². The Labute approximate surface area is 133 Å². The molecule has 0 aromatic heterocycles. The number of nitro benzene ring substituents is 1. The Bertz CT molecular complexity index is 596. The largest absolute Gasteiger partial charge is 0.393 e. The molecule has 1 aliphatic rings. The van der Waals surface area contributed by atoms with Crippen LogP contribution in [-0.2, 0) is 4.79 Å². The van der Waals surface area contributed by atoms with E-state index < -0.39 is 16.6 Å². The SMILES string of the molecule is C[C@@H]1CN(CCC(=O)Nc2cc([N+](=O)[O-])ccc2F)CC[C@H]1O. The summed E-state index contributed by atoms with van der Waals surface area (Å²) in [5.41, 5.74) is -0.466. The molecule has 0 unspecified atom stereocenters. The number of likely N-dealkylation sites (tertiary alicyclic amines) is 1. The third-order valence-corrected chi connectivity index (χ3v) is 4.03. The number of hydrogen-bond donors (Lipinski definition) is 2. The predicted molar refractivity (Wildman–Crippen MR) is 82.5 cm³/mol. The molecule has 8 heteroatoms. The van der Waals surface area contributed by atoms with Crippen molar-refractivity contribution in [3.05, 3.63) is 34.1 Å². The molecule has 1 aromatic carbocycles. The first-order valence-electron chi connectivity index (χ1n) is 7.51. The summed E-state index contributed by atoms with van der Waals surface area (Å²) in [5, 5.41) is 22.7. The lowest BCUT2D eigenvalue weighted by Gasteiger charge is -2.34. The van der Waals surface area contributed by atoms with Gasteiger partial charge in [0.25, 0.3) is 5.69 Å². The molecule has 1 fully saturated rings. The molecule has 0 radical (unpaired) electrons. The lowest BCUT2D eigenvalue weighted by molar-refractivity contribution is -0.384. The predicted octanol–water partition coefficient (Wildman–Crippen LogP) is 1.77. The number of rotatable bonds is 5. The minimum Gasteiger partial charge on any atom is -0.393 e. The highest BCUT2D eigenvalue weighted by molar-refractivity contribution is 5.91. The van der Waals surface area contributed by atoms with Crippen molar-refractivity contribution in [2.75, 3.05) is 25.0 Å². The summed E-state index contributed by atoms with van der Waals surface area (Å²) in [6.07, 6.45) is 0.520. The molecule has 0 spiro atoms. The standard InChI is InChI=1S/C15H20FN3O4/c1-10-9-18(6-4-14(10)20)7-5-15(21)17-13-8-11(19(22)23)2-3-12(13)16/h2-3,8,10,14,20H,4-7,9H2,1H3,(H,17,21)/t10-,14-/m1/s1. The molecule has 126 valence electrons. The van der Waals surface area contributed by atoms with E-state index in [0.29, 0.717) is 26.1 Å². The van der Waals surface area contributed by atoms with Gasteiger partial charge in [-0.1, -0.05) is 6.92 Å². The number of halogens is 1. The number of nitro groups is 1. The van der Waals surface area contributed by atoms with Gasteiger partial charge in [-0.2, -0.15) is 0 Å². The molecule has 2 rings (SSSR count). The Morgan fingerprint density at radius 2 is 2.30 bits per heavy atom. The highest BCUT2D eigenvalue weighted by atomic mass is 19.1. The van der Waals surface area contributed by atoms with Crippen LogP contribution in [0.25, 0.3) is 0 Å². The van der Waals surface area contributed by atoms with Gasteiger partial charge in [0.1, 0.15) is 5.82 Å². The Morgan fingerprint density at radius 3 is 2.96 bits per heavy atom. The summed E-state index contributed by atoms with van der Waals surface area (Å²) in [4.78, 5) is 24.0. The maximum Gasteiger partial charge on any atom is 0.271 e. The topological polar surface area (TPSA) is 95.7 Å². The number of carbonyl (C=O) groups excluding carboxylic acids is 1. The molecule has 7 nitrogen and oxygen atoms in total. The van der Waals surface area contributed by atoms with Crippen molar-refractivity contribution in [3.8, 4) is 0 Å². The number of piperidine rings is 1. The van der Waals surface area contributed by atoms with Crippen molar-refractivity contribution in [3.63, 3.8) is 0 Å². The Kier molecular flexibility index (Phi) is 5.62. The number of nitrogens with zero attached hydrogens (tertiary/aromatic N) is 2. The van der Waals surface area contributed by atoms with E-state index in [9.17, 15) is 24.4 Å². The van der Waals surface area contributed by atoms with Crippen LogP contribution in [0.5, 0.6) is 0 Å². The van der Waals surface area contributed by atoms with Crippen LogP contribution in [0.2, 0.25) is 0 Å². The van der Waals surface area contributed by atoms with Crippen LogP contribution in [0.4, 0.5) is 15.8 Å². The van der Waals surface area contributed by atoms with Gasteiger partial charge in [-0.3, -0.25) is 14.9 Å². The second-order valence-corrected chi connectivity index (χ2v) is 5.85. The Balaban J connectivity index is 1.88. The number of aliphatic hydroxyl groups excluding tert-OH is 1. The first-order chi connectivity index (χ1) is 10.9. The minimum atomic E-state index is -0.710. The normalized spacial score (nSPS) is 21.9. The van der Waals surface area contributed by atoms with Gasteiger partial charge in [-0.05, 0) is 18.4 Å². The average molecular weight is 325 g/mol. The van der Waals surface area contributed by atoms with Crippen molar-refractivity contribution in [2.45, 2.75) is 25.9 Å². The summed E-state index contributed by atoms with van der Waals surface area (Å²) < 4.78 is 13.6. The molecule has 0 saturated carbocycles. The van der Waals surface area contributed by atoms with E-state index in [4.69, 9.17) is 0 Å². The summed E-state index contributed by atoms with van der Waals surface area (Å²) in [7, 11) is 0. The van der Waals surface area contributed by atoms with Crippen LogP contribution in [0, 0.1) is 21.8 Å². The molecule has 0 aliphatic carbocycles. The van der Waals surface area contributed by atoms with Crippen molar-refractivity contribution >= 4 is 17.3 Å². The maximum atomic E-state index is 13.6. The van der Waals surface area contributed by atoms with E-state index in [1.165, 1.54) is 0 Å². The van der Waals surface area contributed by atoms with Crippen LogP contribution < -0.4 is 5.32 Å². The fraction of sp³-hybridized carbons (Fsp3) is 0.533. The van der Waals surface area contributed by atoms with Gasteiger partial charge in [-0.25, -0.2) is 4.39 Å². The third-order valence-electron chi connectivity index (χ3n) is 4.03.